The monoisotopic (exact) mass is 258 g/mol. The summed E-state index contributed by atoms with van der Waals surface area (Å²) in [5, 5.41) is 9.49. The highest BCUT2D eigenvalue weighted by atomic mass is 32.2. The molecule has 96 valence electrons. The van der Waals surface area contributed by atoms with Crippen LogP contribution in [0.25, 0.3) is 0 Å². The summed E-state index contributed by atoms with van der Waals surface area (Å²) in [4.78, 5) is 0.181. The lowest BCUT2D eigenvalue weighted by Crippen LogP contribution is -2.50. The highest BCUT2D eigenvalue weighted by Crippen LogP contribution is 2.13. The van der Waals surface area contributed by atoms with Crippen molar-refractivity contribution in [2.75, 3.05) is 6.54 Å². The van der Waals surface area contributed by atoms with Crippen molar-refractivity contribution in [3.05, 3.63) is 12.4 Å². The molecule has 2 atom stereocenters. The predicted octanol–water partition coefficient (Wildman–Crippen LogP) is 0.219. The minimum Gasteiger partial charge on any atom is -0.312 e. The van der Waals surface area contributed by atoms with Crippen LogP contribution in [0.4, 0.5) is 0 Å². The molecule has 6 nitrogen and oxygen atoms in total. The summed E-state index contributed by atoms with van der Waals surface area (Å²) in [5.41, 5.74) is 0. The molecule has 2 heterocycles. The molecule has 0 radical (unpaired) electrons. The van der Waals surface area contributed by atoms with E-state index in [2.05, 4.69) is 20.2 Å². The summed E-state index contributed by atoms with van der Waals surface area (Å²) in [6.45, 7) is 2.85. The van der Waals surface area contributed by atoms with E-state index in [1.54, 1.807) is 0 Å². The molecule has 1 aromatic rings. The van der Waals surface area contributed by atoms with E-state index >= 15 is 0 Å². The molecule has 2 unspecified atom stereocenters. The molecule has 0 spiro atoms. The third-order valence-electron chi connectivity index (χ3n) is 3.08. The molecule has 0 aliphatic carbocycles. The van der Waals surface area contributed by atoms with Crippen molar-refractivity contribution in [1.82, 2.24) is 20.2 Å². The van der Waals surface area contributed by atoms with E-state index < -0.39 is 10.0 Å². The van der Waals surface area contributed by atoms with Gasteiger partial charge < -0.3 is 5.32 Å². The van der Waals surface area contributed by atoms with Crippen molar-refractivity contribution in [3.63, 3.8) is 0 Å². The first-order valence-corrected chi connectivity index (χ1v) is 7.32. The van der Waals surface area contributed by atoms with Gasteiger partial charge in [-0.1, -0.05) is 6.42 Å². The summed E-state index contributed by atoms with van der Waals surface area (Å²) >= 11 is 0. The van der Waals surface area contributed by atoms with Gasteiger partial charge in [0, 0.05) is 18.3 Å². The minimum absolute atomic E-state index is 0.116. The molecule has 3 N–H and O–H groups in total. The largest absolute Gasteiger partial charge is 0.312 e. The Balaban J connectivity index is 2.00. The maximum atomic E-state index is 11.9. The molecule has 0 saturated carbocycles. The molecule has 0 bridgehead atoms. The molecule has 0 aromatic carbocycles. The average Bonchev–Trinajstić information content (AvgIpc) is 2.84. The quantitative estimate of drug-likeness (QED) is 0.721. The second-order valence-electron chi connectivity index (χ2n) is 4.40. The van der Waals surface area contributed by atoms with Gasteiger partial charge in [-0.2, -0.15) is 5.10 Å². The van der Waals surface area contributed by atoms with Crippen molar-refractivity contribution >= 4 is 10.0 Å². The van der Waals surface area contributed by atoms with Crippen molar-refractivity contribution < 1.29 is 8.42 Å². The Morgan fingerprint density at radius 3 is 2.94 bits per heavy atom. The van der Waals surface area contributed by atoms with Gasteiger partial charge in [-0.25, -0.2) is 13.1 Å². The number of hydrogen-bond donors (Lipinski definition) is 3. The third kappa shape index (κ3) is 3.05. The van der Waals surface area contributed by atoms with Crippen LogP contribution in [-0.4, -0.2) is 37.2 Å². The highest BCUT2D eigenvalue weighted by Gasteiger charge is 2.25. The molecule has 1 aromatic heterocycles. The molecule has 2 rings (SSSR count). The van der Waals surface area contributed by atoms with Gasteiger partial charge >= 0.3 is 0 Å². The zero-order chi connectivity index (χ0) is 12.3. The summed E-state index contributed by atoms with van der Waals surface area (Å²) in [6.07, 6.45) is 6.01. The predicted molar refractivity (Wildman–Crippen MR) is 64.0 cm³/mol. The summed E-state index contributed by atoms with van der Waals surface area (Å²) in [6, 6.07) is 0.0978. The number of aromatic amines is 1. The van der Waals surface area contributed by atoms with Gasteiger partial charge in [-0.3, -0.25) is 5.10 Å². The van der Waals surface area contributed by atoms with Gasteiger partial charge in [0.15, 0.2) is 0 Å². The van der Waals surface area contributed by atoms with Crippen LogP contribution in [0.15, 0.2) is 17.3 Å². The lowest BCUT2D eigenvalue weighted by atomic mass is 10.00. The van der Waals surface area contributed by atoms with E-state index in [0.29, 0.717) is 0 Å². The van der Waals surface area contributed by atoms with Crippen molar-refractivity contribution in [2.24, 2.45) is 0 Å². The maximum absolute atomic E-state index is 11.9. The van der Waals surface area contributed by atoms with Crippen LogP contribution in [0.3, 0.4) is 0 Å². The van der Waals surface area contributed by atoms with Crippen LogP contribution in [0.1, 0.15) is 26.2 Å². The topological polar surface area (TPSA) is 86.9 Å². The Labute approximate surface area is 101 Å². The number of rotatable bonds is 4. The number of hydrogen-bond acceptors (Lipinski definition) is 4. The molecule has 1 aliphatic heterocycles. The van der Waals surface area contributed by atoms with E-state index in [4.69, 9.17) is 0 Å². The fourth-order valence-electron chi connectivity index (χ4n) is 2.09. The van der Waals surface area contributed by atoms with Crippen molar-refractivity contribution in [1.29, 1.82) is 0 Å². The Hall–Kier alpha value is -0.920. The fourth-order valence-corrected chi connectivity index (χ4v) is 3.28. The van der Waals surface area contributed by atoms with Crippen molar-refractivity contribution in [2.45, 2.75) is 43.2 Å². The summed E-state index contributed by atoms with van der Waals surface area (Å²) in [7, 11) is -3.45. The minimum atomic E-state index is -3.45. The Morgan fingerprint density at radius 2 is 2.35 bits per heavy atom. The Bertz CT molecular complexity index is 437. The van der Waals surface area contributed by atoms with Gasteiger partial charge in [0.25, 0.3) is 0 Å². The summed E-state index contributed by atoms with van der Waals surface area (Å²) < 4.78 is 26.6. The van der Waals surface area contributed by atoms with E-state index in [0.717, 1.165) is 25.8 Å². The number of nitrogens with zero attached hydrogens (tertiary/aromatic N) is 1. The number of piperidine rings is 1. The highest BCUT2D eigenvalue weighted by molar-refractivity contribution is 7.89. The normalized spacial score (nSPS) is 23.5. The smallest absolute Gasteiger partial charge is 0.243 e. The molecular formula is C10H18N4O2S. The van der Waals surface area contributed by atoms with E-state index in [-0.39, 0.29) is 17.0 Å². The molecular weight excluding hydrogens is 240 g/mol. The second-order valence-corrected chi connectivity index (χ2v) is 6.11. The maximum Gasteiger partial charge on any atom is 0.243 e. The zero-order valence-electron chi connectivity index (χ0n) is 9.81. The first-order valence-electron chi connectivity index (χ1n) is 5.84. The van der Waals surface area contributed by atoms with Gasteiger partial charge in [0.05, 0.1) is 6.20 Å². The molecule has 1 fully saturated rings. The lowest BCUT2D eigenvalue weighted by molar-refractivity contribution is 0.347. The van der Waals surface area contributed by atoms with Crippen LogP contribution in [-0.2, 0) is 10.0 Å². The Kier molecular flexibility index (Phi) is 3.80. The fraction of sp³-hybridized carbons (Fsp3) is 0.700. The number of H-pyrrole nitrogens is 1. The van der Waals surface area contributed by atoms with E-state index in [1.807, 2.05) is 6.92 Å². The molecule has 1 saturated heterocycles. The number of sulfonamides is 1. The van der Waals surface area contributed by atoms with Crippen LogP contribution >= 0.6 is 0 Å². The van der Waals surface area contributed by atoms with Crippen LogP contribution in [0.2, 0.25) is 0 Å². The van der Waals surface area contributed by atoms with Crippen LogP contribution in [0.5, 0.6) is 0 Å². The molecule has 17 heavy (non-hydrogen) atoms. The van der Waals surface area contributed by atoms with Gasteiger partial charge in [-0.15, -0.1) is 0 Å². The first kappa shape index (κ1) is 12.5. The average molecular weight is 258 g/mol. The number of aromatic nitrogens is 2. The van der Waals surface area contributed by atoms with Gasteiger partial charge in [0.2, 0.25) is 10.0 Å². The SMILES string of the molecule is CC(NS(=O)(=O)c1cn[nH]c1)C1CCCCN1. The van der Waals surface area contributed by atoms with Crippen LogP contribution in [0, 0.1) is 0 Å². The molecule has 1 aliphatic rings. The second kappa shape index (κ2) is 5.16. The molecule has 7 heteroatoms. The van der Waals surface area contributed by atoms with Gasteiger partial charge in [0.1, 0.15) is 4.90 Å². The first-order chi connectivity index (χ1) is 8.09. The lowest BCUT2D eigenvalue weighted by Gasteiger charge is -2.29. The summed E-state index contributed by atoms with van der Waals surface area (Å²) in [5.74, 6) is 0. The third-order valence-corrected chi connectivity index (χ3v) is 4.60. The van der Waals surface area contributed by atoms with E-state index in [1.165, 1.54) is 12.4 Å². The number of nitrogens with one attached hydrogen (secondary N) is 3. The van der Waals surface area contributed by atoms with Crippen molar-refractivity contribution in [3.8, 4) is 0 Å². The van der Waals surface area contributed by atoms with E-state index in [9.17, 15) is 8.42 Å². The standard InChI is InChI=1S/C10H18N4O2S/c1-8(10-4-2-3-5-11-10)14-17(15,16)9-6-12-13-7-9/h6-8,10-11,14H,2-5H2,1H3,(H,12,13). The molecule has 0 amide bonds. The Morgan fingerprint density at radius 1 is 1.53 bits per heavy atom. The van der Waals surface area contributed by atoms with Crippen LogP contribution < -0.4 is 10.0 Å². The van der Waals surface area contributed by atoms with Gasteiger partial charge in [-0.05, 0) is 26.3 Å². The zero-order valence-corrected chi connectivity index (χ0v) is 10.6.